The first-order chi connectivity index (χ1) is 19.4. The molecule has 41 heavy (non-hydrogen) atoms. The fraction of sp³-hybridized carbons (Fsp3) is 0.148. The number of nitrogens with one attached hydrogen (secondary N) is 2. The number of halogens is 6. The normalized spacial score (nSPS) is 19.6. The van der Waals surface area contributed by atoms with Gasteiger partial charge < -0.3 is 15.7 Å². The smallest absolute Gasteiger partial charge is 0.375 e. The summed E-state index contributed by atoms with van der Waals surface area (Å²) < 4.78 is 71.2. The number of amides is 3. The Kier molecular flexibility index (Phi) is 6.05. The third-order valence-corrected chi connectivity index (χ3v) is 7.42. The topological polar surface area (TPSA) is 99.5 Å². The Hall–Kier alpha value is -4.49. The summed E-state index contributed by atoms with van der Waals surface area (Å²) in [5, 5.41) is 20.0. The average Bonchev–Trinajstić information content (AvgIpc) is 3.64. The van der Waals surface area contributed by atoms with Crippen molar-refractivity contribution in [3.05, 3.63) is 106 Å². The Balaban J connectivity index is 1.46. The lowest BCUT2D eigenvalue weighted by atomic mass is 9.95. The number of alkyl halides is 3. The Labute approximate surface area is 232 Å². The minimum Gasteiger partial charge on any atom is -0.375 e. The highest BCUT2D eigenvalue weighted by Gasteiger charge is 2.61. The molecule has 210 valence electrons. The number of β-amino-alcohol motifs (C(OH)–C–C–N with tert-alkyl or cyclic N) is 1. The van der Waals surface area contributed by atoms with E-state index in [0.29, 0.717) is 16.7 Å². The van der Waals surface area contributed by atoms with E-state index in [2.05, 4.69) is 15.7 Å². The van der Waals surface area contributed by atoms with Gasteiger partial charge in [-0.15, -0.1) is 0 Å². The average molecular weight is 590 g/mol. The number of benzene rings is 3. The quantitative estimate of drug-likeness (QED) is 0.277. The Morgan fingerprint density at radius 2 is 1.80 bits per heavy atom. The van der Waals surface area contributed by atoms with Gasteiger partial charge in [-0.2, -0.15) is 18.3 Å². The van der Waals surface area contributed by atoms with Crippen LogP contribution in [0, 0.1) is 11.6 Å². The molecule has 3 amide bonds. The second-order valence-electron chi connectivity index (χ2n) is 9.48. The van der Waals surface area contributed by atoms with Gasteiger partial charge in [0.05, 0.1) is 29.5 Å². The van der Waals surface area contributed by atoms with Crippen molar-refractivity contribution in [1.29, 1.82) is 0 Å². The third kappa shape index (κ3) is 4.19. The summed E-state index contributed by atoms with van der Waals surface area (Å²) >= 11 is 6.34. The first-order valence-electron chi connectivity index (χ1n) is 12.0. The zero-order valence-electron chi connectivity index (χ0n) is 20.5. The molecule has 0 spiro atoms. The number of aromatic nitrogens is 2. The van der Waals surface area contributed by atoms with Crippen LogP contribution in [-0.2, 0) is 5.60 Å². The van der Waals surface area contributed by atoms with E-state index < -0.39 is 53.5 Å². The number of fused-ring (bicyclic) bond motifs is 2. The summed E-state index contributed by atoms with van der Waals surface area (Å²) in [5.74, 6) is -2.27. The van der Waals surface area contributed by atoms with Gasteiger partial charge >= 0.3 is 12.2 Å². The predicted molar refractivity (Wildman–Crippen MR) is 137 cm³/mol. The van der Waals surface area contributed by atoms with E-state index in [1.54, 1.807) is 12.3 Å². The molecule has 2 aliphatic heterocycles. The third-order valence-electron chi connectivity index (χ3n) is 7.07. The zero-order chi connectivity index (χ0) is 29.3. The number of carbonyl (C=O) groups is 2. The van der Waals surface area contributed by atoms with Crippen LogP contribution in [0.3, 0.4) is 0 Å². The van der Waals surface area contributed by atoms with E-state index in [1.807, 2.05) is 0 Å². The minimum absolute atomic E-state index is 0.00399. The van der Waals surface area contributed by atoms with E-state index in [4.69, 9.17) is 11.6 Å². The molecule has 4 aromatic rings. The molecule has 0 saturated carbocycles. The van der Waals surface area contributed by atoms with Crippen molar-refractivity contribution in [2.45, 2.75) is 17.8 Å². The maximum Gasteiger partial charge on any atom is 0.423 e. The van der Waals surface area contributed by atoms with Crippen molar-refractivity contribution in [2.75, 3.05) is 16.8 Å². The van der Waals surface area contributed by atoms with Crippen LogP contribution in [0.2, 0.25) is 5.02 Å². The predicted octanol–water partition coefficient (Wildman–Crippen LogP) is 5.44. The van der Waals surface area contributed by atoms with Gasteiger partial charge in [0.25, 0.3) is 5.91 Å². The molecule has 3 heterocycles. The van der Waals surface area contributed by atoms with Crippen LogP contribution < -0.4 is 15.5 Å². The van der Waals surface area contributed by atoms with Crippen molar-refractivity contribution in [3.8, 4) is 5.69 Å². The highest BCUT2D eigenvalue weighted by molar-refractivity contribution is 6.31. The summed E-state index contributed by atoms with van der Waals surface area (Å²) in [5.41, 5.74) is -4.00. The summed E-state index contributed by atoms with van der Waals surface area (Å²) in [4.78, 5) is 27.3. The molecule has 0 radical (unpaired) electrons. The molecule has 0 fully saturated rings. The fourth-order valence-electron chi connectivity index (χ4n) is 5.18. The molecule has 8 nitrogen and oxygen atoms in total. The first-order valence-corrected chi connectivity index (χ1v) is 12.4. The minimum atomic E-state index is -5.23. The van der Waals surface area contributed by atoms with Crippen LogP contribution in [0.4, 0.5) is 38.1 Å². The van der Waals surface area contributed by atoms with Crippen LogP contribution in [0.25, 0.3) is 5.69 Å². The molecule has 0 unspecified atom stereocenters. The van der Waals surface area contributed by atoms with E-state index in [-0.39, 0.29) is 33.1 Å². The number of carbonyl (C=O) groups excluding carboxylic acids is 2. The molecule has 6 rings (SSSR count). The molecule has 3 aromatic carbocycles. The monoisotopic (exact) mass is 589 g/mol. The van der Waals surface area contributed by atoms with Crippen LogP contribution in [-0.4, -0.2) is 39.5 Å². The molecule has 3 N–H and O–H groups in total. The number of hydrogen-bond acceptors (Lipinski definition) is 4. The largest absolute Gasteiger partial charge is 0.423 e. The van der Waals surface area contributed by atoms with E-state index in [1.165, 1.54) is 29.1 Å². The number of rotatable bonds is 3. The van der Waals surface area contributed by atoms with Crippen LogP contribution in [0.15, 0.2) is 67.0 Å². The molecule has 14 heteroatoms. The molecular weight excluding hydrogens is 573 g/mol. The van der Waals surface area contributed by atoms with Gasteiger partial charge in [-0.3, -0.25) is 9.69 Å². The van der Waals surface area contributed by atoms with Crippen molar-refractivity contribution in [3.63, 3.8) is 0 Å². The highest BCUT2D eigenvalue weighted by Crippen LogP contribution is 2.49. The van der Waals surface area contributed by atoms with E-state index in [9.17, 15) is 36.6 Å². The van der Waals surface area contributed by atoms with Crippen molar-refractivity contribution >= 4 is 34.9 Å². The second kappa shape index (κ2) is 9.28. The maximum absolute atomic E-state index is 14.2. The Morgan fingerprint density at radius 3 is 2.51 bits per heavy atom. The molecule has 0 aliphatic carbocycles. The van der Waals surface area contributed by atoms with Gasteiger partial charge in [0.15, 0.2) is 0 Å². The van der Waals surface area contributed by atoms with E-state index >= 15 is 0 Å². The van der Waals surface area contributed by atoms with Gasteiger partial charge in [0, 0.05) is 39.8 Å². The van der Waals surface area contributed by atoms with Crippen molar-refractivity contribution in [1.82, 2.24) is 15.1 Å². The van der Waals surface area contributed by atoms with Gasteiger partial charge in [-0.25, -0.2) is 18.3 Å². The maximum atomic E-state index is 14.2. The van der Waals surface area contributed by atoms with Crippen molar-refractivity contribution < 1.29 is 36.6 Å². The Morgan fingerprint density at radius 1 is 1.10 bits per heavy atom. The molecule has 0 bridgehead atoms. The van der Waals surface area contributed by atoms with Gasteiger partial charge in [-0.1, -0.05) is 11.6 Å². The SMILES string of the molecule is O=C1N[C@H](c2cc(F)ccc2Cl)c2c(NC(=O)N3C[C@@](O)(C(F)(F)F)c4cc(F)ccc43)ccc(-n3cccn3)c21. The standard InChI is InChI=1S/C27H17ClF5N5O3/c28-17-4-2-13(29)10-15(17)23-21-18(5-7-20(22(21)24(39)36-23)38-9-1-8-34-38)35-25(40)37-12-26(41,27(31,32)33)16-11-14(30)3-6-19(16)37/h1-11,23,41H,12H2,(H,35,40)(H,36,39)/t23-,26+/m1/s1. The molecule has 2 atom stereocenters. The van der Waals surface area contributed by atoms with Gasteiger partial charge in [0.1, 0.15) is 11.6 Å². The lowest BCUT2D eigenvalue weighted by Gasteiger charge is -2.27. The van der Waals surface area contributed by atoms with Crippen molar-refractivity contribution in [2.24, 2.45) is 0 Å². The molecule has 1 aromatic heterocycles. The highest BCUT2D eigenvalue weighted by atomic mass is 35.5. The number of urea groups is 1. The molecule has 0 saturated heterocycles. The zero-order valence-corrected chi connectivity index (χ0v) is 21.3. The van der Waals surface area contributed by atoms with Crippen LogP contribution in [0.5, 0.6) is 0 Å². The first kappa shape index (κ1) is 26.7. The van der Waals surface area contributed by atoms with Crippen LogP contribution in [0.1, 0.15) is 33.1 Å². The van der Waals surface area contributed by atoms with Crippen LogP contribution >= 0.6 is 11.6 Å². The van der Waals surface area contributed by atoms with Gasteiger partial charge in [0.2, 0.25) is 5.60 Å². The lowest BCUT2D eigenvalue weighted by molar-refractivity contribution is -0.258. The lowest BCUT2D eigenvalue weighted by Crippen LogP contribution is -2.48. The Bertz CT molecular complexity index is 1730. The molecular formula is C27H17ClF5N5O3. The number of aliphatic hydroxyl groups is 1. The number of nitrogens with zero attached hydrogens (tertiary/aromatic N) is 3. The fourth-order valence-corrected chi connectivity index (χ4v) is 5.41. The summed E-state index contributed by atoms with van der Waals surface area (Å²) in [6.45, 7) is -1.25. The number of hydrogen-bond donors (Lipinski definition) is 3. The summed E-state index contributed by atoms with van der Waals surface area (Å²) in [6, 6.07) is 8.22. The molecule has 2 aliphatic rings. The summed E-state index contributed by atoms with van der Waals surface area (Å²) in [7, 11) is 0. The second-order valence-corrected chi connectivity index (χ2v) is 9.89. The van der Waals surface area contributed by atoms with Gasteiger partial charge in [-0.05, 0) is 54.6 Å². The summed E-state index contributed by atoms with van der Waals surface area (Å²) in [6.07, 6.45) is -2.18. The number of anilines is 2. The van der Waals surface area contributed by atoms with E-state index in [0.717, 1.165) is 24.3 Å².